The van der Waals surface area contributed by atoms with Crippen LogP contribution in [0.2, 0.25) is 0 Å². The molecule has 1 amide bonds. The maximum absolute atomic E-state index is 12.8. The highest BCUT2D eigenvalue weighted by molar-refractivity contribution is 7.15. The van der Waals surface area contributed by atoms with Gasteiger partial charge in [0.25, 0.3) is 0 Å². The van der Waals surface area contributed by atoms with Crippen LogP contribution in [0.4, 0.5) is 5.13 Å². The first-order valence-electron chi connectivity index (χ1n) is 7.87. The zero-order valence-electron chi connectivity index (χ0n) is 14.3. The van der Waals surface area contributed by atoms with Gasteiger partial charge in [0, 0.05) is 5.92 Å². The number of carbonyl (C=O) groups excluding carboxylic acids is 1. The van der Waals surface area contributed by atoms with E-state index in [-0.39, 0.29) is 5.91 Å². The Hall–Kier alpha value is -2.15. The van der Waals surface area contributed by atoms with Crippen LogP contribution in [0.3, 0.4) is 0 Å². The van der Waals surface area contributed by atoms with Crippen LogP contribution in [0.15, 0.2) is 18.2 Å². The number of hydrogen-bond donors (Lipinski definition) is 1. The normalized spacial score (nSPS) is 15.2. The molecule has 1 aliphatic carbocycles. The molecular formula is C17H21N3O3S. The number of ether oxygens (including phenoxy) is 2. The molecule has 2 aromatic rings. The van der Waals surface area contributed by atoms with E-state index in [0.717, 1.165) is 23.4 Å². The average Bonchev–Trinajstić information content (AvgIpc) is 3.27. The van der Waals surface area contributed by atoms with Gasteiger partial charge >= 0.3 is 0 Å². The van der Waals surface area contributed by atoms with Gasteiger partial charge < -0.3 is 9.47 Å². The fourth-order valence-corrected chi connectivity index (χ4v) is 3.38. The van der Waals surface area contributed by atoms with Gasteiger partial charge in [-0.1, -0.05) is 31.3 Å². The lowest BCUT2D eigenvalue weighted by atomic mass is 9.94. The summed E-state index contributed by atoms with van der Waals surface area (Å²) in [6, 6.07) is 5.64. The molecule has 1 N–H and O–H groups in total. The second-order valence-electron chi connectivity index (χ2n) is 6.21. The summed E-state index contributed by atoms with van der Waals surface area (Å²) in [5, 5.41) is 12.6. The van der Waals surface area contributed by atoms with Gasteiger partial charge in [0.15, 0.2) is 11.5 Å². The molecule has 0 bridgehead atoms. The minimum atomic E-state index is -0.511. The van der Waals surface area contributed by atoms with E-state index in [1.165, 1.54) is 11.3 Å². The maximum Gasteiger partial charge on any atom is 0.236 e. The molecule has 24 heavy (non-hydrogen) atoms. The Morgan fingerprint density at radius 2 is 1.92 bits per heavy atom. The van der Waals surface area contributed by atoms with E-state index in [9.17, 15) is 4.79 Å². The fraction of sp³-hybridized carbons (Fsp3) is 0.471. The predicted octanol–water partition coefficient (Wildman–Crippen LogP) is 3.35. The van der Waals surface area contributed by atoms with Gasteiger partial charge in [0.05, 0.1) is 19.6 Å². The molecule has 1 fully saturated rings. The maximum atomic E-state index is 12.8. The largest absolute Gasteiger partial charge is 0.493 e. The molecule has 1 aromatic heterocycles. The van der Waals surface area contributed by atoms with E-state index >= 15 is 0 Å². The summed E-state index contributed by atoms with van der Waals surface area (Å²) >= 11 is 1.42. The summed E-state index contributed by atoms with van der Waals surface area (Å²) in [7, 11) is 3.19. The lowest BCUT2D eigenvalue weighted by Crippen LogP contribution is -2.27. The van der Waals surface area contributed by atoms with Gasteiger partial charge in [-0.05, 0) is 30.5 Å². The molecule has 128 valence electrons. The second-order valence-corrected chi connectivity index (χ2v) is 7.22. The van der Waals surface area contributed by atoms with E-state index in [0.29, 0.717) is 22.5 Å². The topological polar surface area (TPSA) is 73.3 Å². The van der Waals surface area contributed by atoms with E-state index in [2.05, 4.69) is 29.4 Å². The van der Waals surface area contributed by atoms with Gasteiger partial charge in [-0.25, -0.2) is 0 Å². The summed E-state index contributed by atoms with van der Waals surface area (Å²) < 4.78 is 10.6. The van der Waals surface area contributed by atoms with Gasteiger partial charge in [-0.2, -0.15) is 0 Å². The van der Waals surface area contributed by atoms with Crippen molar-refractivity contribution in [3.63, 3.8) is 0 Å². The molecule has 0 atom stereocenters. The number of methoxy groups -OCH3 is 2. The molecule has 0 radical (unpaired) electrons. The van der Waals surface area contributed by atoms with Crippen molar-refractivity contribution in [1.29, 1.82) is 0 Å². The Morgan fingerprint density at radius 3 is 2.46 bits per heavy atom. The van der Waals surface area contributed by atoms with Crippen molar-refractivity contribution < 1.29 is 14.3 Å². The molecule has 6 nitrogen and oxygen atoms in total. The Kier molecular flexibility index (Phi) is 4.45. The van der Waals surface area contributed by atoms with Crippen molar-refractivity contribution in [3.8, 4) is 11.5 Å². The van der Waals surface area contributed by atoms with E-state index < -0.39 is 5.41 Å². The van der Waals surface area contributed by atoms with Crippen LogP contribution < -0.4 is 14.8 Å². The van der Waals surface area contributed by atoms with Crippen LogP contribution in [0, 0.1) is 0 Å². The fourth-order valence-electron chi connectivity index (χ4n) is 2.64. The highest BCUT2D eigenvalue weighted by atomic mass is 32.1. The third-order valence-corrected chi connectivity index (χ3v) is 5.42. The van der Waals surface area contributed by atoms with Crippen LogP contribution >= 0.6 is 11.3 Å². The molecule has 3 rings (SSSR count). The van der Waals surface area contributed by atoms with Crippen LogP contribution in [0.1, 0.15) is 43.2 Å². The highest BCUT2D eigenvalue weighted by Crippen LogP contribution is 2.50. The second kappa shape index (κ2) is 6.39. The molecule has 1 heterocycles. The zero-order valence-corrected chi connectivity index (χ0v) is 15.1. The smallest absolute Gasteiger partial charge is 0.236 e. The highest BCUT2D eigenvalue weighted by Gasteiger charge is 2.51. The summed E-state index contributed by atoms with van der Waals surface area (Å²) in [4.78, 5) is 12.8. The van der Waals surface area contributed by atoms with Crippen molar-refractivity contribution in [2.45, 2.75) is 38.0 Å². The molecule has 0 aliphatic heterocycles. The Balaban J connectivity index is 1.81. The summed E-state index contributed by atoms with van der Waals surface area (Å²) in [5.41, 5.74) is 0.426. The van der Waals surface area contributed by atoms with Gasteiger partial charge in [0.2, 0.25) is 11.0 Å². The van der Waals surface area contributed by atoms with Crippen LogP contribution in [0.5, 0.6) is 11.5 Å². The van der Waals surface area contributed by atoms with Gasteiger partial charge in [-0.15, -0.1) is 10.2 Å². The first kappa shape index (κ1) is 16.7. The number of nitrogens with one attached hydrogen (secondary N) is 1. The van der Waals surface area contributed by atoms with E-state index in [1.54, 1.807) is 14.2 Å². The first-order valence-corrected chi connectivity index (χ1v) is 8.69. The number of nitrogens with zero attached hydrogens (tertiary/aromatic N) is 2. The zero-order chi connectivity index (χ0) is 17.3. The standard InChI is InChI=1S/C17H21N3O3S/c1-10(2)14-19-20-16(24-14)18-15(21)17(7-8-17)11-5-6-12(22-3)13(9-11)23-4/h5-6,9-10H,7-8H2,1-4H3,(H,18,20,21). The van der Waals surface area contributed by atoms with Gasteiger partial charge in [-0.3, -0.25) is 10.1 Å². The van der Waals surface area contributed by atoms with Gasteiger partial charge in [0.1, 0.15) is 5.01 Å². The van der Waals surface area contributed by atoms with Crippen molar-refractivity contribution in [3.05, 3.63) is 28.8 Å². The minimum Gasteiger partial charge on any atom is -0.493 e. The SMILES string of the molecule is COc1ccc(C2(C(=O)Nc3nnc(C(C)C)s3)CC2)cc1OC. The monoisotopic (exact) mass is 347 g/mol. The van der Waals surface area contributed by atoms with E-state index in [1.807, 2.05) is 18.2 Å². The summed E-state index contributed by atoms with van der Waals surface area (Å²) in [6.07, 6.45) is 1.62. The lowest BCUT2D eigenvalue weighted by Gasteiger charge is -2.16. The molecule has 1 aromatic carbocycles. The Labute approximate surface area is 145 Å². The minimum absolute atomic E-state index is 0.0406. The number of amides is 1. The molecule has 0 unspecified atom stereocenters. The predicted molar refractivity (Wildman–Crippen MR) is 93.1 cm³/mol. The number of benzene rings is 1. The number of carbonyl (C=O) groups is 1. The molecule has 0 spiro atoms. The average molecular weight is 347 g/mol. The van der Waals surface area contributed by atoms with E-state index in [4.69, 9.17) is 9.47 Å². The number of rotatable bonds is 6. The quantitative estimate of drug-likeness (QED) is 0.867. The summed E-state index contributed by atoms with van der Waals surface area (Å²) in [6.45, 7) is 4.11. The molecule has 7 heteroatoms. The van der Waals surface area contributed by atoms with Crippen molar-refractivity contribution in [1.82, 2.24) is 10.2 Å². The van der Waals surface area contributed by atoms with Crippen molar-refractivity contribution >= 4 is 22.4 Å². The van der Waals surface area contributed by atoms with Crippen molar-refractivity contribution in [2.24, 2.45) is 0 Å². The number of hydrogen-bond acceptors (Lipinski definition) is 6. The van der Waals surface area contributed by atoms with Crippen LogP contribution in [-0.2, 0) is 10.2 Å². The van der Waals surface area contributed by atoms with Crippen LogP contribution in [-0.4, -0.2) is 30.3 Å². The molecule has 1 saturated carbocycles. The Morgan fingerprint density at radius 1 is 1.21 bits per heavy atom. The van der Waals surface area contributed by atoms with Crippen LogP contribution in [0.25, 0.3) is 0 Å². The molecule has 1 aliphatic rings. The first-order chi connectivity index (χ1) is 11.5. The molecule has 0 saturated heterocycles. The molecular weight excluding hydrogens is 326 g/mol. The summed E-state index contributed by atoms with van der Waals surface area (Å²) in [5.74, 6) is 1.55. The third-order valence-electron chi connectivity index (χ3n) is 4.28. The van der Waals surface area contributed by atoms with Crippen molar-refractivity contribution in [2.75, 3.05) is 19.5 Å². The number of anilines is 1. The number of aromatic nitrogens is 2. The lowest BCUT2D eigenvalue weighted by molar-refractivity contribution is -0.118. The third kappa shape index (κ3) is 2.96. The Bertz CT molecular complexity index is 753.